The molecule has 0 bridgehead atoms. The van der Waals surface area contributed by atoms with Gasteiger partial charge in [-0.3, -0.25) is 9.59 Å². The maximum atomic E-state index is 12.8. The Morgan fingerprint density at radius 3 is 1.84 bits per heavy atom. The average molecular weight is 498 g/mol. The summed E-state index contributed by atoms with van der Waals surface area (Å²) in [5, 5.41) is 1.00. The summed E-state index contributed by atoms with van der Waals surface area (Å²) >= 11 is 1.63. The minimum absolute atomic E-state index is 0.149. The zero-order valence-electron chi connectivity index (χ0n) is 19.5. The van der Waals surface area contributed by atoms with E-state index in [2.05, 4.69) is 47.4 Å². The van der Waals surface area contributed by atoms with Gasteiger partial charge in [-0.2, -0.15) is 0 Å². The van der Waals surface area contributed by atoms with Gasteiger partial charge in [0.2, 0.25) is 0 Å². The van der Waals surface area contributed by atoms with Crippen LogP contribution in [0.15, 0.2) is 119 Å². The summed E-state index contributed by atoms with van der Waals surface area (Å²) in [7, 11) is 0. The number of Topliss-reactive ketones (excluding diaryl/α,β-unsaturated/α-hetero) is 2. The number of hydrogen-bond donors (Lipinski definition) is 0. The van der Waals surface area contributed by atoms with Crippen molar-refractivity contribution in [2.45, 2.75) is 0 Å². The first-order chi connectivity index (χ1) is 18.2. The molecule has 0 radical (unpaired) electrons. The minimum Gasteiger partial charge on any atom is -0.455 e. The molecule has 0 aliphatic heterocycles. The maximum absolute atomic E-state index is 12.8. The van der Waals surface area contributed by atoms with Crippen LogP contribution in [0.1, 0.15) is 26.5 Å². The standard InChI is InChI=1S/C32H19NO3S/c34-30-24-13-7-8-14-25(24)31(35)27(30)18-23-19-29-32(36-23)26-16-15-22(17-28(26)37-29)33(20-9-3-1-4-10-20)21-11-5-2-6-12-21/h1-19H. The molecule has 5 heteroatoms. The van der Waals surface area contributed by atoms with Gasteiger partial charge in [0.25, 0.3) is 0 Å². The second kappa shape index (κ2) is 8.43. The molecule has 37 heavy (non-hydrogen) atoms. The van der Waals surface area contributed by atoms with Gasteiger partial charge in [-0.1, -0.05) is 60.7 Å². The number of thiophene rings is 1. The van der Waals surface area contributed by atoms with E-state index in [1.165, 1.54) is 0 Å². The van der Waals surface area contributed by atoms with Gasteiger partial charge >= 0.3 is 0 Å². The highest BCUT2D eigenvalue weighted by atomic mass is 32.1. The van der Waals surface area contributed by atoms with Crippen molar-refractivity contribution in [3.8, 4) is 0 Å². The highest BCUT2D eigenvalue weighted by molar-refractivity contribution is 7.25. The maximum Gasteiger partial charge on any atom is 0.197 e. The second-order valence-corrected chi connectivity index (χ2v) is 9.98. The minimum atomic E-state index is -0.253. The molecule has 176 valence electrons. The van der Waals surface area contributed by atoms with Crippen LogP contribution in [0.3, 0.4) is 0 Å². The van der Waals surface area contributed by atoms with Crippen molar-refractivity contribution < 1.29 is 14.0 Å². The van der Waals surface area contributed by atoms with Crippen molar-refractivity contribution in [3.05, 3.63) is 132 Å². The number of rotatable bonds is 4. The van der Waals surface area contributed by atoms with E-state index in [0.29, 0.717) is 16.9 Å². The van der Waals surface area contributed by atoms with Crippen LogP contribution in [-0.2, 0) is 0 Å². The molecular formula is C32H19NO3S. The number of benzene rings is 4. The predicted octanol–water partition coefficient (Wildman–Crippen LogP) is 8.58. The molecule has 0 amide bonds. The normalized spacial score (nSPS) is 12.9. The van der Waals surface area contributed by atoms with Crippen LogP contribution >= 0.6 is 11.3 Å². The number of hydrogen-bond acceptors (Lipinski definition) is 5. The van der Waals surface area contributed by atoms with Crippen LogP contribution in [0.25, 0.3) is 26.4 Å². The van der Waals surface area contributed by atoms with Gasteiger partial charge in [0, 0.05) is 44.3 Å². The highest BCUT2D eigenvalue weighted by Crippen LogP contribution is 2.41. The first-order valence-electron chi connectivity index (χ1n) is 11.9. The van der Waals surface area contributed by atoms with Gasteiger partial charge in [0.05, 0.1) is 10.3 Å². The summed E-state index contributed by atoms with van der Waals surface area (Å²) in [6, 6.07) is 35.7. The van der Waals surface area contributed by atoms with Crippen molar-refractivity contribution in [1.82, 2.24) is 0 Å². The highest BCUT2D eigenvalue weighted by Gasteiger charge is 2.33. The smallest absolute Gasteiger partial charge is 0.197 e. The number of carbonyl (C=O) groups is 2. The lowest BCUT2D eigenvalue weighted by Crippen LogP contribution is -2.09. The first-order valence-corrected chi connectivity index (χ1v) is 12.8. The summed E-state index contributed by atoms with van der Waals surface area (Å²) in [6.45, 7) is 0. The Morgan fingerprint density at radius 2 is 1.22 bits per heavy atom. The molecule has 0 unspecified atom stereocenters. The lowest BCUT2D eigenvalue weighted by Gasteiger charge is -2.25. The Hall–Kier alpha value is -4.74. The van der Waals surface area contributed by atoms with Crippen LogP contribution in [-0.4, -0.2) is 11.6 Å². The Kier molecular flexibility index (Phi) is 4.91. The topological polar surface area (TPSA) is 50.5 Å². The lowest BCUT2D eigenvalue weighted by atomic mass is 10.1. The molecule has 1 aliphatic carbocycles. The number of fused-ring (bicyclic) bond motifs is 4. The third-order valence-electron chi connectivity index (χ3n) is 6.63. The molecule has 2 aromatic heterocycles. The monoisotopic (exact) mass is 497 g/mol. The molecular weight excluding hydrogens is 478 g/mol. The largest absolute Gasteiger partial charge is 0.455 e. The Morgan fingerprint density at radius 1 is 0.622 bits per heavy atom. The fourth-order valence-corrected chi connectivity index (χ4v) is 6.02. The fourth-order valence-electron chi connectivity index (χ4n) is 4.91. The molecule has 0 N–H and O–H groups in total. The Bertz CT molecular complexity index is 1790. The second-order valence-electron chi connectivity index (χ2n) is 8.89. The van der Waals surface area contributed by atoms with Crippen LogP contribution < -0.4 is 4.90 Å². The van der Waals surface area contributed by atoms with Gasteiger partial charge in [-0.05, 0) is 48.5 Å². The molecule has 4 aromatic carbocycles. The first kappa shape index (κ1) is 21.5. The van der Waals surface area contributed by atoms with Crippen molar-refractivity contribution >= 4 is 66.4 Å². The number of carbonyl (C=O) groups excluding carboxylic acids is 2. The van der Waals surface area contributed by atoms with Crippen LogP contribution in [0.4, 0.5) is 17.1 Å². The summed E-state index contributed by atoms with van der Waals surface area (Å²) in [5.41, 5.74) is 5.02. The fraction of sp³-hybridized carbons (Fsp3) is 0. The number of allylic oxidation sites excluding steroid dienone is 1. The number of anilines is 3. The van der Waals surface area contributed by atoms with Crippen molar-refractivity contribution in [3.63, 3.8) is 0 Å². The molecule has 7 rings (SSSR count). The third-order valence-corrected chi connectivity index (χ3v) is 7.71. The number of nitrogens with zero attached hydrogens (tertiary/aromatic N) is 1. The molecule has 0 saturated carbocycles. The van der Waals surface area contributed by atoms with E-state index >= 15 is 0 Å². The van der Waals surface area contributed by atoms with Gasteiger partial charge < -0.3 is 9.32 Å². The van der Waals surface area contributed by atoms with Crippen LogP contribution in [0.5, 0.6) is 0 Å². The van der Waals surface area contributed by atoms with Crippen molar-refractivity contribution in [2.75, 3.05) is 4.90 Å². The van der Waals surface area contributed by atoms with Crippen molar-refractivity contribution in [1.29, 1.82) is 0 Å². The molecule has 1 aliphatic rings. The van der Waals surface area contributed by atoms with Gasteiger partial charge in [0.15, 0.2) is 17.1 Å². The molecule has 4 nitrogen and oxygen atoms in total. The Labute approximate surface area is 216 Å². The SMILES string of the molecule is O=C1C(=Cc2cc3sc4cc(N(c5ccccc5)c5ccccc5)ccc4c3o2)C(=O)c2ccccc21. The quantitative estimate of drug-likeness (QED) is 0.181. The van der Waals surface area contributed by atoms with Gasteiger partial charge in [-0.15, -0.1) is 11.3 Å². The zero-order valence-corrected chi connectivity index (χ0v) is 20.4. The Balaban J connectivity index is 1.29. The van der Waals surface area contributed by atoms with Gasteiger partial charge in [0.1, 0.15) is 5.76 Å². The summed E-state index contributed by atoms with van der Waals surface area (Å²) in [5.74, 6) is 0.000435. The zero-order chi connectivity index (χ0) is 24.9. The molecule has 2 heterocycles. The molecule has 6 aromatic rings. The summed E-state index contributed by atoms with van der Waals surface area (Å²) in [6.07, 6.45) is 1.57. The summed E-state index contributed by atoms with van der Waals surface area (Å²) in [4.78, 5) is 27.8. The molecule has 0 atom stereocenters. The summed E-state index contributed by atoms with van der Waals surface area (Å²) < 4.78 is 8.24. The lowest BCUT2D eigenvalue weighted by molar-refractivity contribution is 0.0990. The van der Waals surface area contributed by atoms with E-state index in [4.69, 9.17) is 4.42 Å². The number of furan rings is 1. The van der Waals surface area contributed by atoms with E-state index in [1.54, 1.807) is 41.7 Å². The average Bonchev–Trinajstić information content (AvgIpc) is 3.56. The van der Waals surface area contributed by atoms with E-state index in [-0.39, 0.29) is 17.1 Å². The predicted molar refractivity (Wildman–Crippen MR) is 149 cm³/mol. The molecule has 0 spiro atoms. The molecule has 0 fully saturated rings. The van der Waals surface area contributed by atoms with E-state index < -0.39 is 0 Å². The van der Waals surface area contributed by atoms with Gasteiger partial charge in [-0.25, -0.2) is 0 Å². The van der Waals surface area contributed by atoms with E-state index in [1.807, 2.05) is 42.5 Å². The number of para-hydroxylation sites is 2. The van der Waals surface area contributed by atoms with Crippen LogP contribution in [0.2, 0.25) is 0 Å². The molecule has 0 saturated heterocycles. The number of ketones is 2. The third kappa shape index (κ3) is 3.51. The van der Waals surface area contributed by atoms with E-state index in [9.17, 15) is 9.59 Å². The van der Waals surface area contributed by atoms with E-state index in [0.717, 1.165) is 37.4 Å². The van der Waals surface area contributed by atoms with Crippen LogP contribution in [0, 0.1) is 0 Å². The van der Waals surface area contributed by atoms with Crippen molar-refractivity contribution in [2.24, 2.45) is 0 Å².